The summed E-state index contributed by atoms with van der Waals surface area (Å²) in [6.45, 7) is 0. The number of para-hydroxylation sites is 6. The van der Waals surface area contributed by atoms with Crippen LogP contribution in [0.5, 0.6) is 34.5 Å². The molecular weight excluding hydrogens is 1000 g/mol. The second-order valence-electron chi connectivity index (χ2n) is 22.2. The fraction of sp³-hybridized carbons (Fsp3) is 0.0149. The van der Waals surface area contributed by atoms with Crippen LogP contribution in [0.2, 0.25) is 0 Å². The summed E-state index contributed by atoms with van der Waals surface area (Å²) in [5.41, 5.74) is 25.6. The van der Waals surface area contributed by atoms with Gasteiger partial charge in [0.1, 0.15) is 34.5 Å². The van der Waals surface area contributed by atoms with Crippen molar-refractivity contribution < 1.29 is 28.1 Å². The Bertz CT molecular complexity index is 4450. The monoisotopic (exact) mass is 1040 g/mol. The molecule has 11 aromatic rings. The molecule has 0 N–H and O–H groups in total. The van der Waals surface area contributed by atoms with E-state index in [1.807, 2.05) is 0 Å². The number of hydrogen-bond acceptors (Lipinski definition) is 10. The van der Waals surface area contributed by atoms with E-state index in [9.17, 15) is 0 Å². The van der Waals surface area contributed by atoms with Gasteiger partial charge in [0.2, 0.25) is 0 Å². The molecule has 10 nitrogen and oxygen atoms in total. The zero-order valence-corrected chi connectivity index (χ0v) is 42.8. The third kappa shape index (κ3) is 4.88. The first-order valence-corrected chi connectivity index (χ1v) is 27.8. The highest BCUT2D eigenvalue weighted by Gasteiger charge is 2.62. The minimum atomic E-state index is -0.913. The Morgan fingerprint density at radius 3 is 0.963 bits per heavy atom. The summed E-state index contributed by atoms with van der Waals surface area (Å²) >= 11 is 0. The molecular formula is C67H36B4N4O6. The molecule has 0 saturated carbocycles. The topological polar surface area (TPSA) is 68.3 Å². The molecule has 0 fully saturated rings. The lowest BCUT2D eigenvalue weighted by Crippen LogP contribution is -2.64. The van der Waals surface area contributed by atoms with Gasteiger partial charge in [0.05, 0.1) is 16.7 Å². The normalized spacial score (nSPS) is 15.8. The molecule has 0 aromatic heterocycles. The predicted molar refractivity (Wildman–Crippen MR) is 321 cm³/mol. The van der Waals surface area contributed by atoms with Gasteiger partial charge in [-0.2, -0.15) is 0 Å². The van der Waals surface area contributed by atoms with Crippen LogP contribution >= 0.6 is 0 Å². The number of ether oxygens (including phenoxy) is 2. The van der Waals surface area contributed by atoms with Crippen LogP contribution in [0.4, 0.5) is 45.5 Å². The van der Waals surface area contributed by atoms with Crippen molar-refractivity contribution in [2.45, 2.75) is 6.29 Å². The maximum Gasteiger partial charge on any atom is 0.525 e. The number of rotatable bonds is 4. The average Bonchev–Trinajstić information content (AvgIpc) is 2.87. The minimum Gasteiger partial charge on any atom is -0.537 e. The molecule has 0 atom stereocenters. The van der Waals surface area contributed by atoms with Crippen molar-refractivity contribution >= 4 is 95.6 Å². The van der Waals surface area contributed by atoms with Crippen molar-refractivity contribution in [1.29, 1.82) is 0 Å². The molecule has 0 unspecified atom stereocenters. The van der Waals surface area contributed by atoms with Gasteiger partial charge in [-0.05, 0) is 102 Å². The highest BCUT2D eigenvalue weighted by molar-refractivity contribution is 6.85. The van der Waals surface area contributed by atoms with E-state index in [4.69, 9.17) is 28.1 Å². The lowest BCUT2D eigenvalue weighted by molar-refractivity contribution is 0.00109. The van der Waals surface area contributed by atoms with E-state index in [2.05, 4.69) is 232 Å². The van der Waals surface area contributed by atoms with Crippen LogP contribution in [-0.2, 0) is 0 Å². The Labute approximate surface area is 466 Å². The second kappa shape index (κ2) is 14.5. The predicted octanol–water partition coefficient (Wildman–Crippen LogP) is 12.4. The van der Waals surface area contributed by atoms with Gasteiger partial charge in [0.25, 0.3) is 6.29 Å². The number of hydrogen-bond donors (Lipinski definition) is 0. The summed E-state index contributed by atoms with van der Waals surface area (Å²) in [7, 11) is -2.34. The Hall–Kier alpha value is -10.3. The van der Waals surface area contributed by atoms with Crippen molar-refractivity contribution in [2.75, 3.05) is 19.2 Å². The van der Waals surface area contributed by atoms with E-state index >= 15 is 0 Å². The summed E-state index contributed by atoms with van der Waals surface area (Å²) < 4.78 is 45.9. The van der Waals surface area contributed by atoms with Crippen molar-refractivity contribution in [3.8, 4) is 101 Å². The quantitative estimate of drug-likeness (QED) is 0.159. The second-order valence-corrected chi connectivity index (χ2v) is 22.2. The average molecular weight is 1040 g/mol. The fourth-order valence-electron chi connectivity index (χ4n) is 15.6. The molecule has 81 heavy (non-hydrogen) atoms. The molecule has 0 spiro atoms. The van der Waals surface area contributed by atoms with Gasteiger partial charge in [-0.15, -0.1) is 0 Å². The third-order valence-corrected chi connectivity index (χ3v) is 18.5. The van der Waals surface area contributed by atoms with Gasteiger partial charge in [-0.3, -0.25) is 0 Å². The van der Waals surface area contributed by atoms with E-state index < -0.39 is 34.5 Å². The third-order valence-electron chi connectivity index (χ3n) is 18.5. The molecule has 0 radical (unpaired) electrons. The van der Waals surface area contributed by atoms with Crippen molar-refractivity contribution in [2.24, 2.45) is 0 Å². The van der Waals surface area contributed by atoms with Crippen LogP contribution in [0.25, 0.3) is 66.8 Å². The summed E-state index contributed by atoms with van der Waals surface area (Å²) in [5.74, 6) is 4.59. The zero-order chi connectivity index (χ0) is 52.1. The standard InChI is InChI=1S/C67H36B4N4O6/c1-5-19-36(20-6-1)72-42-29-15-13-27-40(42)50-61-57-54-46(78-68(61)72)31-17-33-48(54)80-70-63(57)59-52-44(74(70)38-23-9-3-10-24-38)35-45-53-56(52)67(76-65(50)59)77-66-51-41-28-14-16-30-43(41)73(37-21-7-2-8-22-37)69-62(51)58-55-47(79-69)32-18-34-49(55)81-71(64(58)60(53)66)75(45)39-25-11-4-12-26-39/h1-35,67H. The van der Waals surface area contributed by atoms with E-state index in [0.717, 1.165) is 174 Å². The lowest BCUT2D eigenvalue weighted by atomic mass is 9.49. The van der Waals surface area contributed by atoms with Crippen molar-refractivity contribution in [3.63, 3.8) is 0 Å². The van der Waals surface area contributed by atoms with Gasteiger partial charge in [-0.25, -0.2) is 0 Å². The summed E-state index contributed by atoms with van der Waals surface area (Å²) in [6.07, 6.45) is -0.913. The SMILES string of the molecule is c1ccc(N2B3Oc4cccc5c4-c4c3c(c3c6c4B(O5)N(c4ccccc4)c4cc5c7c(c4-6)C(O3)Oc3c4c6c8c(c3-7)B(Oc3cccc(c3-8)OB6N(c3ccccc3)c3ccccc3-4)N5c3ccccc3)-c3ccccc32)cc1. The highest BCUT2D eigenvalue weighted by atomic mass is 16.7. The van der Waals surface area contributed by atoms with Crippen LogP contribution in [0, 0.1) is 0 Å². The molecule has 10 aliphatic rings. The zero-order valence-electron chi connectivity index (χ0n) is 42.8. The number of fused-ring (bicyclic) bond motifs is 6. The van der Waals surface area contributed by atoms with Gasteiger partial charge in [0.15, 0.2) is 0 Å². The fourth-order valence-corrected chi connectivity index (χ4v) is 15.6. The first-order valence-electron chi connectivity index (χ1n) is 27.8. The van der Waals surface area contributed by atoms with Gasteiger partial charge < -0.3 is 47.3 Å². The molecule has 0 saturated heterocycles. The Morgan fingerprint density at radius 2 is 0.593 bits per heavy atom. The van der Waals surface area contributed by atoms with E-state index in [1.54, 1.807) is 0 Å². The minimum absolute atomic E-state index is 0.558. The van der Waals surface area contributed by atoms with Crippen molar-refractivity contribution in [3.05, 3.63) is 218 Å². The van der Waals surface area contributed by atoms with Crippen LogP contribution < -0.4 is 69.2 Å². The molecule has 0 amide bonds. The molecule has 0 bridgehead atoms. The summed E-state index contributed by atoms with van der Waals surface area (Å²) in [5, 5.41) is 0. The molecule has 10 heterocycles. The van der Waals surface area contributed by atoms with Gasteiger partial charge >= 0.3 is 28.2 Å². The summed E-state index contributed by atoms with van der Waals surface area (Å²) in [6, 6.07) is 74.9. The summed E-state index contributed by atoms with van der Waals surface area (Å²) in [4.78, 5) is 9.54. The molecule has 14 heteroatoms. The maximum absolute atomic E-state index is 7.99. The molecule has 11 aromatic carbocycles. The Morgan fingerprint density at radius 1 is 0.272 bits per heavy atom. The van der Waals surface area contributed by atoms with Crippen LogP contribution in [0.15, 0.2) is 212 Å². The Balaban J connectivity index is 0.945. The lowest BCUT2D eigenvalue weighted by Gasteiger charge is -2.52. The smallest absolute Gasteiger partial charge is 0.525 e. The van der Waals surface area contributed by atoms with E-state index in [1.165, 1.54) is 0 Å². The van der Waals surface area contributed by atoms with Crippen molar-refractivity contribution in [1.82, 2.24) is 0 Å². The van der Waals surface area contributed by atoms with E-state index in [0.29, 0.717) is 0 Å². The molecule has 21 rings (SSSR count). The highest BCUT2D eigenvalue weighted by Crippen LogP contribution is 2.67. The number of anilines is 8. The molecule has 0 aliphatic carbocycles. The van der Waals surface area contributed by atoms with Gasteiger partial charge in [-0.1, -0.05) is 121 Å². The van der Waals surface area contributed by atoms with Crippen LogP contribution in [0.3, 0.4) is 0 Å². The van der Waals surface area contributed by atoms with E-state index in [-0.39, 0.29) is 0 Å². The van der Waals surface area contributed by atoms with Crippen LogP contribution in [0.1, 0.15) is 11.9 Å². The Kier molecular flexibility index (Phi) is 7.46. The first kappa shape index (κ1) is 41.7. The van der Waals surface area contributed by atoms with Gasteiger partial charge in [0, 0.05) is 112 Å². The number of nitrogens with zero attached hydrogens (tertiary/aromatic N) is 4. The first-order chi connectivity index (χ1) is 40.2. The molecule has 10 aliphatic heterocycles. The largest absolute Gasteiger partial charge is 0.537 e. The maximum atomic E-state index is 7.99. The molecule has 372 valence electrons. The van der Waals surface area contributed by atoms with Crippen LogP contribution in [-0.4, -0.2) is 28.2 Å². The number of benzene rings is 11.